The lowest BCUT2D eigenvalue weighted by Gasteiger charge is -2.31. The molecule has 0 saturated carbocycles. The number of thioether (sulfide) groups is 1. The summed E-state index contributed by atoms with van der Waals surface area (Å²) in [4.78, 5) is 19.2. The van der Waals surface area contributed by atoms with Crippen molar-refractivity contribution in [3.63, 3.8) is 0 Å². The lowest BCUT2D eigenvalue weighted by atomic mass is 10.0. The van der Waals surface area contributed by atoms with Crippen molar-refractivity contribution in [2.45, 2.75) is 18.7 Å². The van der Waals surface area contributed by atoms with Gasteiger partial charge >= 0.3 is 0 Å². The van der Waals surface area contributed by atoms with Crippen LogP contribution in [0.25, 0.3) is 0 Å². The second-order valence-corrected chi connectivity index (χ2v) is 9.27. The number of hydrogen-bond donors (Lipinski definition) is 0. The first-order chi connectivity index (χ1) is 16.7. The Labute approximate surface area is 204 Å². The van der Waals surface area contributed by atoms with Crippen molar-refractivity contribution in [1.29, 1.82) is 0 Å². The Bertz CT molecular complexity index is 1100. The molecule has 0 radical (unpaired) electrons. The molecule has 3 aliphatic heterocycles. The van der Waals surface area contributed by atoms with Gasteiger partial charge in [0.15, 0.2) is 17.3 Å². The molecule has 0 unspecified atom stereocenters. The molecule has 0 bridgehead atoms. The Kier molecular flexibility index (Phi) is 6.99. The second-order valence-electron chi connectivity index (χ2n) is 8.24. The molecule has 34 heavy (non-hydrogen) atoms. The van der Waals surface area contributed by atoms with Crippen molar-refractivity contribution in [1.82, 2.24) is 4.90 Å². The van der Waals surface area contributed by atoms with E-state index in [1.54, 1.807) is 11.8 Å². The van der Waals surface area contributed by atoms with Gasteiger partial charge in [0.05, 0.1) is 48.3 Å². The zero-order chi connectivity index (χ0) is 23.5. The maximum Gasteiger partial charge on any atom is 0.198 e. The van der Waals surface area contributed by atoms with Crippen LogP contribution in [0.3, 0.4) is 0 Å². The molecule has 0 amide bonds. The molecule has 8 heteroatoms. The Hall–Kier alpha value is -2.68. The molecule has 180 valence electrons. The maximum atomic E-state index is 13.5. The fourth-order valence-corrected chi connectivity index (χ4v) is 5.68. The summed E-state index contributed by atoms with van der Waals surface area (Å²) in [5.74, 6) is 2.13. The summed E-state index contributed by atoms with van der Waals surface area (Å²) in [6, 6.07) is 11.5. The highest BCUT2D eigenvalue weighted by Gasteiger charge is 2.35. The second kappa shape index (κ2) is 10.3. The number of morpholine rings is 1. The Morgan fingerprint density at radius 1 is 1.00 bits per heavy atom. The third kappa shape index (κ3) is 4.50. The number of hydrogen-bond acceptors (Lipinski definition) is 8. The van der Waals surface area contributed by atoms with E-state index in [1.165, 1.54) is 0 Å². The van der Waals surface area contributed by atoms with E-state index < -0.39 is 0 Å². The van der Waals surface area contributed by atoms with Crippen LogP contribution in [-0.2, 0) is 4.74 Å². The molecule has 2 aromatic carbocycles. The molecule has 7 nitrogen and oxygen atoms in total. The minimum atomic E-state index is 0.0311. The van der Waals surface area contributed by atoms with Crippen molar-refractivity contribution in [3.8, 4) is 17.2 Å². The largest absolute Gasteiger partial charge is 0.490 e. The normalized spacial score (nSPS) is 20.1. The summed E-state index contributed by atoms with van der Waals surface area (Å²) < 4.78 is 23.3. The summed E-state index contributed by atoms with van der Waals surface area (Å²) in [7, 11) is 0. The number of nitrogens with zero attached hydrogens (tertiary/aromatic N) is 2. The van der Waals surface area contributed by atoms with Gasteiger partial charge in [0, 0.05) is 43.2 Å². The summed E-state index contributed by atoms with van der Waals surface area (Å²) >= 11 is 1.61. The number of benzene rings is 2. The predicted octanol–water partition coefficient (Wildman–Crippen LogP) is 4.22. The van der Waals surface area contributed by atoms with Crippen LogP contribution in [0.4, 0.5) is 5.69 Å². The predicted molar refractivity (Wildman–Crippen MR) is 133 cm³/mol. The lowest BCUT2D eigenvalue weighted by Crippen LogP contribution is -2.41. The molecule has 0 aromatic heterocycles. The van der Waals surface area contributed by atoms with E-state index in [4.69, 9.17) is 18.9 Å². The average molecular weight is 483 g/mol. The van der Waals surface area contributed by atoms with Crippen LogP contribution in [0.1, 0.15) is 24.2 Å². The van der Waals surface area contributed by atoms with Crippen LogP contribution in [-0.4, -0.2) is 69.9 Å². The summed E-state index contributed by atoms with van der Waals surface area (Å²) in [6.07, 6.45) is 0. The summed E-state index contributed by atoms with van der Waals surface area (Å²) in [5, 5.41) is 0.929. The highest BCUT2D eigenvalue weighted by atomic mass is 32.2. The van der Waals surface area contributed by atoms with Gasteiger partial charge in [-0.05, 0) is 26.0 Å². The molecular weight excluding hydrogens is 452 g/mol. The van der Waals surface area contributed by atoms with Crippen LogP contribution >= 0.6 is 11.8 Å². The van der Waals surface area contributed by atoms with Gasteiger partial charge in [0.25, 0.3) is 0 Å². The summed E-state index contributed by atoms with van der Waals surface area (Å²) in [6.45, 7) is 10.3. The van der Waals surface area contributed by atoms with Gasteiger partial charge in [0.1, 0.15) is 12.4 Å². The Balaban J connectivity index is 1.53. The minimum Gasteiger partial charge on any atom is -0.490 e. The zero-order valence-corrected chi connectivity index (χ0v) is 20.5. The van der Waals surface area contributed by atoms with E-state index in [2.05, 4.69) is 9.80 Å². The fraction of sp³-hybridized carbons (Fsp3) is 0.423. The molecular formula is C26H30N2O5S. The summed E-state index contributed by atoms with van der Waals surface area (Å²) in [5.41, 5.74) is 2.35. The molecule has 2 aromatic rings. The number of ether oxygens (including phenoxy) is 4. The standard InChI is InChI=1S/C26H30N2O5S/c1-3-31-22-15-20-24(16-23(22)32-4-2)34-26(28(20)10-9-27-11-13-30-14-12-27)19-17-33-21-8-6-5-7-18(21)25(19)29/h5-8,15-16H,3-4,9-14,17H2,1-2H3/b26-19+. The van der Waals surface area contributed by atoms with E-state index in [0.29, 0.717) is 30.1 Å². The number of rotatable bonds is 7. The highest BCUT2D eigenvalue weighted by molar-refractivity contribution is 8.03. The fourth-order valence-electron chi connectivity index (χ4n) is 4.46. The number of para-hydroxylation sites is 1. The maximum absolute atomic E-state index is 13.5. The van der Waals surface area contributed by atoms with Gasteiger partial charge in [-0.2, -0.15) is 0 Å². The number of ketones is 1. The van der Waals surface area contributed by atoms with Gasteiger partial charge in [-0.3, -0.25) is 9.69 Å². The topological polar surface area (TPSA) is 60.5 Å². The van der Waals surface area contributed by atoms with Crippen LogP contribution in [0.15, 0.2) is 51.9 Å². The van der Waals surface area contributed by atoms with Gasteiger partial charge < -0.3 is 23.8 Å². The molecule has 0 atom stereocenters. The molecule has 0 aliphatic carbocycles. The Morgan fingerprint density at radius 3 is 2.50 bits per heavy atom. The van der Waals surface area contributed by atoms with E-state index >= 15 is 0 Å². The average Bonchev–Trinajstić information content (AvgIpc) is 3.21. The molecule has 0 N–H and O–H groups in total. The first-order valence-electron chi connectivity index (χ1n) is 11.9. The number of fused-ring (bicyclic) bond motifs is 2. The van der Waals surface area contributed by atoms with Gasteiger partial charge in [-0.15, -0.1) is 0 Å². The number of anilines is 1. The Morgan fingerprint density at radius 2 is 1.74 bits per heavy atom. The smallest absolute Gasteiger partial charge is 0.198 e. The molecule has 3 aliphatic rings. The molecule has 1 saturated heterocycles. The number of carbonyl (C=O) groups is 1. The van der Waals surface area contributed by atoms with Gasteiger partial charge in [0.2, 0.25) is 0 Å². The van der Waals surface area contributed by atoms with E-state index in [1.807, 2.05) is 50.2 Å². The van der Waals surface area contributed by atoms with Crippen LogP contribution in [0.5, 0.6) is 17.2 Å². The third-order valence-electron chi connectivity index (χ3n) is 6.15. The van der Waals surface area contributed by atoms with Gasteiger partial charge in [-0.25, -0.2) is 0 Å². The minimum absolute atomic E-state index is 0.0311. The van der Waals surface area contributed by atoms with E-state index in [-0.39, 0.29) is 12.4 Å². The van der Waals surface area contributed by atoms with Crippen LogP contribution in [0.2, 0.25) is 0 Å². The van der Waals surface area contributed by atoms with Crippen molar-refractivity contribution < 1.29 is 23.7 Å². The van der Waals surface area contributed by atoms with Crippen molar-refractivity contribution >= 4 is 23.2 Å². The van der Waals surface area contributed by atoms with Crippen molar-refractivity contribution in [3.05, 3.63) is 52.6 Å². The van der Waals surface area contributed by atoms with Crippen LogP contribution in [0, 0.1) is 0 Å². The molecule has 5 rings (SSSR count). The first kappa shape index (κ1) is 23.1. The van der Waals surface area contributed by atoms with Crippen molar-refractivity contribution in [2.75, 3.05) is 64.1 Å². The first-order valence-corrected chi connectivity index (χ1v) is 12.7. The van der Waals surface area contributed by atoms with Crippen molar-refractivity contribution in [2.24, 2.45) is 0 Å². The monoisotopic (exact) mass is 482 g/mol. The molecule has 3 heterocycles. The quantitative estimate of drug-likeness (QED) is 0.544. The van der Waals surface area contributed by atoms with E-state index in [9.17, 15) is 4.79 Å². The number of carbonyl (C=O) groups excluding carboxylic acids is 1. The van der Waals surface area contributed by atoms with E-state index in [0.717, 1.165) is 66.5 Å². The lowest BCUT2D eigenvalue weighted by molar-refractivity contribution is 0.0393. The SMILES string of the molecule is CCOc1cc2c(cc1OCC)N(CCN1CCOCC1)/C(=C1/COc3ccccc3C1=O)S2. The molecule has 1 fully saturated rings. The number of Topliss-reactive ketones (excluding diaryl/α,β-unsaturated/α-hetero) is 1. The zero-order valence-electron chi connectivity index (χ0n) is 19.7. The third-order valence-corrected chi connectivity index (χ3v) is 7.35. The van der Waals surface area contributed by atoms with Crippen LogP contribution < -0.4 is 19.1 Å². The highest BCUT2D eigenvalue weighted by Crippen LogP contribution is 2.52. The molecule has 0 spiro atoms. The van der Waals surface area contributed by atoms with Gasteiger partial charge in [-0.1, -0.05) is 23.9 Å².